The average molecular weight is 141 g/mol. The molecule has 5 nitrogen and oxygen atoms in total. The van der Waals surface area contributed by atoms with Crippen molar-refractivity contribution in [2.75, 3.05) is 0 Å². The highest BCUT2D eigenvalue weighted by atomic mass is 16.2. The minimum atomic E-state index is -0.213. The summed E-state index contributed by atoms with van der Waals surface area (Å²) in [7, 11) is 0. The summed E-state index contributed by atoms with van der Waals surface area (Å²) in [5.41, 5.74) is 2.21. The number of hydrazone groups is 1. The predicted octanol–water partition coefficient (Wildman–Crippen LogP) is -1.04. The lowest BCUT2D eigenvalue weighted by atomic mass is 10.4. The number of nitrogens with zero attached hydrogens (tertiary/aromatic N) is 1. The van der Waals surface area contributed by atoms with Gasteiger partial charge in [0.2, 0.25) is 11.8 Å². The highest BCUT2D eigenvalue weighted by Gasteiger charge is 2.14. The van der Waals surface area contributed by atoms with E-state index in [-0.39, 0.29) is 18.2 Å². The Hall–Kier alpha value is -1.39. The molecule has 5 heteroatoms. The zero-order valence-corrected chi connectivity index (χ0v) is 5.47. The summed E-state index contributed by atoms with van der Waals surface area (Å²) in [4.78, 5) is 20.8. The lowest BCUT2D eigenvalue weighted by Crippen LogP contribution is -2.26. The summed E-state index contributed by atoms with van der Waals surface area (Å²) < 4.78 is 0. The van der Waals surface area contributed by atoms with Crippen LogP contribution in [-0.2, 0) is 9.59 Å². The van der Waals surface area contributed by atoms with Crippen LogP contribution in [0, 0.1) is 0 Å². The van der Waals surface area contributed by atoms with Crippen molar-refractivity contribution in [3.05, 3.63) is 0 Å². The molecule has 0 aromatic heterocycles. The van der Waals surface area contributed by atoms with Gasteiger partial charge in [-0.2, -0.15) is 5.10 Å². The maximum atomic E-state index is 10.5. The number of hydrogen-bond donors (Lipinski definition) is 2. The quantitative estimate of drug-likeness (QED) is 0.452. The number of rotatable bonds is 0. The van der Waals surface area contributed by atoms with Crippen molar-refractivity contribution >= 4 is 17.6 Å². The van der Waals surface area contributed by atoms with Gasteiger partial charge >= 0.3 is 0 Å². The van der Waals surface area contributed by atoms with Crippen LogP contribution in [0.5, 0.6) is 0 Å². The van der Waals surface area contributed by atoms with Gasteiger partial charge < -0.3 is 5.32 Å². The maximum absolute atomic E-state index is 10.5. The lowest BCUT2D eigenvalue weighted by molar-refractivity contribution is -0.119. The number of carbonyl (C=O) groups excluding carboxylic acids is 2. The van der Waals surface area contributed by atoms with E-state index in [4.69, 9.17) is 0 Å². The highest BCUT2D eigenvalue weighted by molar-refractivity contribution is 6.09. The zero-order valence-electron chi connectivity index (χ0n) is 5.47. The van der Waals surface area contributed by atoms with E-state index >= 15 is 0 Å². The third kappa shape index (κ3) is 1.54. The third-order valence-corrected chi connectivity index (χ3v) is 0.964. The SMILES string of the molecule is CC(=O)NC1=NNC(=O)C1. The summed E-state index contributed by atoms with van der Waals surface area (Å²) >= 11 is 0. The third-order valence-electron chi connectivity index (χ3n) is 0.964. The Morgan fingerprint density at radius 1 is 1.80 bits per heavy atom. The van der Waals surface area contributed by atoms with Crippen LogP contribution in [0.1, 0.15) is 13.3 Å². The second kappa shape index (κ2) is 2.47. The second-order valence-corrected chi connectivity index (χ2v) is 1.95. The summed E-state index contributed by atoms with van der Waals surface area (Å²) in [6.45, 7) is 1.37. The van der Waals surface area contributed by atoms with Gasteiger partial charge in [-0.05, 0) is 0 Å². The second-order valence-electron chi connectivity index (χ2n) is 1.95. The summed E-state index contributed by atoms with van der Waals surface area (Å²) in [6, 6.07) is 0. The van der Waals surface area contributed by atoms with Gasteiger partial charge in [0, 0.05) is 6.92 Å². The van der Waals surface area contributed by atoms with E-state index in [9.17, 15) is 9.59 Å². The molecule has 1 rings (SSSR count). The fourth-order valence-corrected chi connectivity index (χ4v) is 0.636. The van der Waals surface area contributed by atoms with E-state index in [0.29, 0.717) is 5.84 Å². The Bertz CT molecular complexity index is 209. The number of nitrogens with one attached hydrogen (secondary N) is 2. The zero-order chi connectivity index (χ0) is 7.56. The molecule has 10 heavy (non-hydrogen) atoms. The molecule has 2 amide bonds. The van der Waals surface area contributed by atoms with Gasteiger partial charge in [0.1, 0.15) is 5.84 Å². The van der Waals surface area contributed by atoms with Crippen LogP contribution in [0.15, 0.2) is 5.10 Å². The number of hydrogen-bond acceptors (Lipinski definition) is 3. The Morgan fingerprint density at radius 2 is 2.50 bits per heavy atom. The first-order chi connectivity index (χ1) is 4.68. The van der Waals surface area contributed by atoms with Gasteiger partial charge in [-0.15, -0.1) is 0 Å². The summed E-state index contributed by atoms with van der Waals surface area (Å²) in [6.07, 6.45) is 0.166. The minimum absolute atomic E-state index is 0.166. The standard InChI is InChI=1S/C5H7N3O2/c1-3(9)6-4-2-5(10)8-7-4/h2H2,1H3,(H,8,10)(H,6,7,9). The molecule has 0 saturated heterocycles. The van der Waals surface area contributed by atoms with E-state index < -0.39 is 0 Å². The Balaban J connectivity index is 2.44. The van der Waals surface area contributed by atoms with Gasteiger partial charge in [0.25, 0.3) is 0 Å². The molecular formula is C5H7N3O2. The topological polar surface area (TPSA) is 70.6 Å². The molecule has 1 heterocycles. The van der Waals surface area contributed by atoms with Crippen LogP contribution < -0.4 is 10.7 Å². The molecule has 1 aliphatic rings. The van der Waals surface area contributed by atoms with Crippen LogP contribution in [0.2, 0.25) is 0 Å². The number of amidine groups is 1. The Morgan fingerprint density at radius 3 is 2.90 bits per heavy atom. The van der Waals surface area contributed by atoms with Crippen molar-refractivity contribution in [2.24, 2.45) is 5.10 Å². The molecule has 0 bridgehead atoms. The summed E-state index contributed by atoms with van der Waals surface area (Å²) in [5.74, 6) is -0.0171. The molecule has 0 aromatic rings. The molecule has 2 N–H and O–H groups in total. The molecular weight excluding hydrogens is 134 g/mol. The van der Waals surface area contributed by atoms with Crippen molar-refractivity contribution in [3.8, 4) is 0 Å². The van der Waals surface area contributed by atoms with Crippen LogP contribution in [0.4, 0.5) is 0 Å². The molecule has 0 aliphatic carbocycles. The van der Waals surface area contributed by atoms with Crippen molar-refractivity contribution in [1.82, 2.24) is 10.7 Å². The number of amides is 2. The normalized spacial score (nSPS) is 16.1. The summed E-state index contributed by atoms with van der Waals surface area (Å²) in [5, 5.41) is 5.94. The molecule has 0 aromatic carbocycles. The van der Waals surface area contributed by atoms with Crippen LogP contribution in [0.25, 0.3) is 0 Å². The molecule has 0 fully saturated rings. The minimum Gasteiger partial charge on any atom is -0.313 e. The molecule has 0 atom stereocenters. The van der Waals surface area contributed by atoms with E-state index in [2.05, 4.69) is 15.8 Å². The van der Waals surface area contributed by atoms with E-state index in [1.54, 1.807) is 0 Å². The van der Waals surface area contributed by atoms with Gasteiger partial charge in [0.15, 0.2) is 0 Å². The molecule has 0 spiro atoms. The predicted molar refractivity (Wildman–Crippen MR) is 34.0 cm³/mol. The van der Waals surface area contributed by atoms with Crippen molar-refractivity contribution < 1.29 is 9.59 Å². The number of carbonyl (C=O) groups is 2. The van der Waals surface area contributed by atoms with Crippen LogP contribution in [-0.4, -0.2) is 17.6 Å². The smallest absolute Gasteiger partial charge is 0.247 e. The van der Waals surface area contributed by atoms with E-state index in [0.717, 1.165) is 0 Å². The van der Waals surface area contributed by atoms with E-state index in [1.807, 2.05) is 0 Å². The fraction of sp³-hybridized carbons (Fsp3) is 0.400. The Labute approximate surface area is 57.5 Å². The van der Waals surface area contributed by atoms with Crippen LogP contribution >= 0.6 is 0 Å². The average Bonchev–Trinajstić information content (AvgIpc) is 2.13. The lowest BCUT2D eigenvalue weighted by Gasteiger charge is -1.94. The first kappa shape index (κ1) is 6.73. The largest absolute Gasteiger partial charge is 0.313 e. The van der Waals surface area contributed by atoms with Crippen LogP contribution in [0.3, 0.4) is 0 Å². The van der Waals surface area contributed by atoms with Gasteiger partial charge in [-0.3, -0.25) is 9.59 Å². The molecule has 0 saturated carbocycles. The fourth-order valence-electron chi connectivity index (χ4n) is 0.636. The Kier molecular flexibility index (Phi) is 1.66. The van der Waals surface area contributed by atoms with Crippen molar-refractivity contribution in [2.45, 2.75) is 13.3 Å². The first-order valence-corrected chi connectivity index (χ1v) is 2.81. The van der Waals surface area contributed by atoms with Gasteiger partial charge in [-0.1, -0.05) is 0 Å². The first-order valence-electron chi connectivity index (χ1n) is 2.81. The van der Waals surface area contributed by atoms with Crippen molar-refractivity contribution in [3.63, 3.8) is 0 Å². The maximum Gasteiger partial charge on any atom is 0.247 e. The van der Waals surface area contributed by atoms with Crippen molar-refractivity contribution in [1.29, 1.82) is 0 Å². The monoisotopic (exact) mass is 141 g/mol. The van der Waals surface area contributed by atoms with E-state index in [1.165, 1.54) is 6.92 Å². The molecule has 54 valence electrons. The molecule has 1 aliphatic heterocycles. The highest BCUT2D eigenvalue weighted by Crippen LogP contribution is 1.90. The molecule has 0 radical (unpaired) electrons. The molecule has 0 unspecified atom stereocenters. The van der Waals surface area contributed by atoms with Gasteiger partial charge in [0.05, 0.1) is 6.42 Å². The van der Waals surface area contributed by atoms with Gasteiger partial charge in [-0.25, -0.2) is 5.43 Å².